The van der Waals surface area contributed by atoms with Gasteiger partial charge in [-0.3, -0.25) is 19.1 Å². The number of nitrogens with zero attached hydrogens (tertiary/aromatic N) is 6. The molecule has 2 unspecified atom stereocenters. The zero-order valence-corrected chi connectivity index (χ0v) is 25.2. The minimum Gasteiger partial charge on any atom is -0.339 e. The SMILES string of the molecule is Cn1c(-c2cn(CC3CC3)nc2C(F)(F)F)cnc1C(=O)Nc1ccc(C(=O)N2CCN(C(=O)C3C4CNCC43)CC2)c(Cl)c1. The second-order valence-electron chi connectivity index (χ2n) is 12.4. The molecule has 2 N–H and O–H groups in total. The number of imidazole rings is 1. The third-order valence-electron chi connectivity index (χ3n) is 9.35. The van der Waals surface area contributed by atoms with Crippen LogP contribution < -0.4 is 10.6 Å². The van der Waals surface area contributed by atoms with E-state index >= 15 is 0 Å². The molecule has 7 rings (SSSR count). The number of rotatable bonds is 7. The number of aromatic nitrogens is 4. The largest absolute Gasteiger partial charge is 0.435 e. The van der Waals surface area contributed by atoms with Crippen LogP contribution in [0.3, 0.4) is 0 Å². The first kappa shape index (κ1) is 29.8. The maximum absolute atomic E-state index is 13.8. The highest BCUT2D eigenvalue weighted by atomic mass is 35.5. The number of piperidine rings is 1. The van der Waals surface area contributed by atoms with Gasteiger partial charge in [-0.15, -0.1) is 0 Å². The van der Waals surface area contributed by atoms with Gasteiger partial charge in [-0.2, -0.15) is 18.3 Å². The zero-order chi connectivity index (χ0) is 31.6. The highest BCUT2D eigenvalue weighted by Gasteiger charge is 2.58. The van der Waals surface area contributed by atoms with Gasteiger partial charge < -0.3 is 25.0 Å². The molecule has 11 nitrogen and oxygen atoms in total. The summed E-state index contributed by atoms with van der Waals surface area (Å²) in [5.41, 5.74) is -0.521. The Morgan fingerprint density at radius 3 is 2.40 bits per heavy atom. The number of benzene rings is 1. The molecule has 2 aromatic heterocycles. The number of hydrogen-bond donors (Lipinski definition) is 2. The highest BCUT2D eigenvalue weighted by molar-refractivity contribution is 6.34. The van der Waals surface area contributed by atoms with Crippen LogP contribution in [0.15, 0.2) is 30.6 Å². The number of hydrogen-bond acceptors (Lipinski definition) is 6. The topological polar surface area (TPSA) is 117 Å². The van der Waals surface area contributed by atoms with Gasteiger partial charge in [0.1, 0.15) is 0 Å². The van der Waals surface area contributed by atoms with Crippen LogP contribution in [0, 0.1) is 23.7 Å². The maximum Gasteiger partial charge on any atom is 0.435 e. The molecule has 2 saturated carbocycles. The van der Waals surface area contributed by atoms with E-state index in [9.17, 15) is 27.6 Å². The lowest BCUT2D eigenvalue weighted by Crippen LogP contribution is -2.51. The monoisotopic (exact) mass is 644 g/mol. The molecule has 4 fully saturated rings. The molecular formula is C30H32ClF3N8O3. The summed E-state index contributed by atoms with van der Waals surface area (Å²) in [6, 6.07) is 4.49. The lowest BCUT2D eigenvalue weighted by molar-refractivity contribution is -0.141. The first-order chi connectivity index (χ1) is 21.5. The molecule has 0 bridgehead atoms. The quantitative estimate of drug-likeness (QED) is 0.408. The minimum atomic E-state index is -4.68. The van der Waals surface area contributed by atoms with Crippen LogP contribution in [-0.2, 0) is 24.6 Å². The van der Waals surface area contributed by atoms with Gasteiger partial charge in [0.2, 0.25) is 5.91 Å². The second kappa shape index (κ2) is 11.2. The third kappa shape index (κ3) is 5.69. The van der Waals surface area contributed by atoms with Crippen LogP contribution in [0.25, 0.3) is 11.3 Å². The molecule has 0 radical (unpaired) electrons. The first-order valence-electron chi connectivity index (χ1n) is 15.1. The molecule has 4 heterocycles. The number of amides is 3. The van der Waals surface area contributed by atoms with Gasteiger partial charge >= 0.3 is 6.18 Å². The number of carbonyl (C=O) groups excluding carboxylic acids is 3. The Kier molecular flexibility index (Phi) is 7.39. The molecule has 2 saturated heterocycles. The summed E-state index contributed by atoms with van der Waals surface area (Å²) < 4.78 is 44.0. The average molecular weight is 645 g/mol. The smallest absolute Gasteiger partial charge is 0.339 e. The van der Waals surface area contributed by atoms with Gasteiger partial charge in [0, 0.05) is 57.6 Å². The molecule has 0 spiro atoms. The summed E-state index contributed by atoms with van der Waals surface area (Å²) >= 11 is 6.47. The summed E-state index contributed by atoms with van der Waals surface area (Å²) in [4.78, 5) is 46.8. The predicted octanol–water partition coefficient (Wildman–Crippen LogP) is 3.37. The van der Waals surface area contributed by atoms with Crippen molar-refractivity contribution in [2.24, 2.45) is 30.7 Å². The first-order valence-corrected chi connectivity index (χ1v) is 15.4. The molecule has 15 heteroatoms. The van der Waals surface area contributed by atoms with E-state index < -0.39 is 17.8 Å². The molecule has 2 aliphatic heterocycles. The van der Waals surface area contributed by atoms with E-state index in [1.807, 2.05) is 4.90 Å². The number of fused-ring (bicyclic) bond motifs is 1. The third-order valence-corrected chi connectivity index (χ3v) is 9.67. The Hall–Kier alpha value is -3.91. The van der Waals surface area contributed by atoms with Crippen molar-refractivity contribution in [3.05, 3.63) is 52.7 Å². The van der Waals surface area contributed by atoms with Crippen molar-refractivity contribution in [3.63, 3.8) is 0 Å². The fraction of sp³-hybridized carbons (Fsp3) is 0.500. The van der Waals surface area contributed by atoms with E-state index in [0.717, 1.165) is 25.9 Å². The van der Waals surface area contributed by atoms with Gasteiger partial charge in [0.05, 0.1) is 28.0 Å². The molecular weight excluding hydrogens is 613 g/mol. The number of alkyl halides is 3. The standard InChI is InChI=1S/C30H32ClF3N8O3/c1-39-23(21-15-42(14-16-2-3-16)38-25(21)30(32,33)34)13-36-26(39)27(43)37-17-4-5-18(22(31)10-17)28(44)40-6-8-41(9-7-40)29(45)24-19-11-35-12-20(19)24/h4-5,10,13,15-16,19-20,24,35H,2-3,6-9,11-12,14H2,1H3,(H,37,43). The Balaban J connectivity index is 0.996. The van der Waals surface area contributed by atoms with Crippen LogP contribution in [0.1, 0.15) is 39.5 Å². The van der Waals surface area contributed by atoms with Crippen LogP contribution >= 0.6 is 11.6 Å². The zero-order valence-electron chi connectivity index (χ0n) is 24.5. The van der Waals surface area contributed by atoms with Gasteiger partial charge in [0.25, 0.3) is 11.8 Å². The normalized spacial score (nSPS) is 22.8. The molecule has 4 aliphatic rings. The second-order valence-corrected chi connectivity index (χ2v) is 12.8. The van der Waals surface area contributed by atoms with Crippen LogP contribution in [-0.4, -0.2) is 86.1 Å². The molecule has 3 amide bonds. The van der Waals surface area contributed by atoms with Crippen LogP contribution in [0.4, 0.5) is 18.9 Å². The van der Waals surface area contributed by atoms with Crippen molar-refractivity contribution in [1.29, 1.82) is 0 Å². The van der Waals surface area contributed by atoms with Gasteiger partial charge in [-0.1, -0.05) is 11.6 Å². The van der Waals surface area contributed by atoms with Crippen molar-refractivity contribution in [2.45, 2.75) is 25.6 Å². The minimum absolute atomic E-state index is 0.104. The van der Waals surface area contributed by atoms with Crippen LogP contribution in [0.2, 0.25) is 5.02 Å². The average Bonchev–Trinajstić information content (AvgIpc) is 3.75. The van der Waals surface area contributed by atoms with Crippen molar-refractivity contribution in [1.82, 2.24) is 34.4 Å². The fourth-order valence-corrected chi connectivity index (χ4v) is 6.86. The Morgan fingerprint density at radius 2 is 1.76 bits per heavy atom. The molecule has 238 valence electrons. The van der Waals surface area contributed by atoms with Gasteiger partial charge in [-0.25, -0.2) is 4.98 Å². The Labute approximate surface area is 261 Å². The summed E-state index contributed by atoms with van der Waals surface area (Å²) in [5.74, 6) is 0.464. The number of halogens is 4. The van der Waals surface area contributed by atoms with Gasteiger partial charge in [-0.05, 0) is 61.9 Å². The molecule has 3 aromatic rings. The number of carbonyl (C=O) groups is 3. The van der Waals surface area contributed by atoms with Crippen molar-refractivity contribution in [3.8, 4) is 11.3 Å². The fourth-order valence-electron chi connectivity index (χ4n) is 6.60. The maximum atomic E-state index is 13.8. The van der Waals surface area contributed by atoms with E-state index in [-0.39, 0.29) is 45.4 Å². The summed E-state index contributed by atoms with van der Waals surface area (Å²) in [6.45, 7) is 3.93. The van der Waals surface area contributed by atoms with E-state index in [2.05, 4.69) is 20.7 Å². The molecule has 2 atom stereocenters. The lowest BCUT2D eigenvalue weighted by atomic mass is 10.1. The summed E-state index contributed by atoms with van der Waals surface area (Å²) in [6.07, 6.45) is -0.180. The number of nitrogens with one attached hydrogen (secondary N) is 2. The molecule has 45 heavy (non-hydrogen) atoms. The van der Waals surface area contributed by atoms with E-state index in [1.54, 1.807) is 4.90 Å². The van der Waals surface area contributed by atoms with Crippen LogP contribution in [0.5, 0.6) is 0 Å². The number of piperazine rings is 1. The van der Waals surface area contributed by atoms with E-state index in [1.165, 1.54) is 46.9 Å². The van der Waals surface area contributed by atoms with Crippen molar-refractivity contribution in [2.75, 3.05) is 44.6 Å². The van der Waals surface area contributed by atoms with E-state index in [0.29, 0.717) is 56.2 Å². The Bertz CT molecular complexity index is 1660. The predicted molar refractivity (Wildman–Crippen MR) is 157 cm³/mol. The lowest BCUT2D eigenvalue weighted by Gasteiger charge is -2.35. The van der Waals surface area contributed by atoms with E-state index in [4.69, 9.17) is 11.6 Å². The Morgan fingerprint density at radius 1 is 1.07 bits per heavy atom. The molecule has 1 aromatic carbocycles. The molecule has 2 aliphatic carbocycles. The van der Waals surface area contributed by atoms with Gasteiger partial charge in [0.15, 0.2) is 11.5 Å². The number of anilines is 1. The summed E-state index contributed by atoms with van der Waals surface area (Å²) in [7, 11) is 1.46. The van der Waals surface area contributed by atoms with Crippen molar-refractivity contribution >= 4 is 35.0 Å². The summed E-state index contributed by atoms with van der Waals surface area (Å²) in [5, 5.41) is 9.88. The van der Waals surface area contributed by atoms with Crippen molar-refractivity contribution < 1.29 is 27.6 Å². The highest BCUT2D eigenvalue weighted by Crippen LogP contribution is 2.49.